The maximum Gasteiger partial charge on any atom is 0.249 e. The van der Waals surface area contributed by atoms with Gasteiger partial charge in [0, 0.05) is 19.6 Å². The van der Waals surface area contributed by atoms with Crippen molar-refractivity contribution < 1.29 is 14.3 Å². The van der Waals surface area contributed by atoms with Gasteiger partial charge in [0.15, 0.2) is 0 Å². The van der Waals surface area contributed by atoms with E-state index in [0.717, 1.165) is 13.1 Å². The lowest BCUT2D eigenvalue weighted by atomic mass is 10.3. The van der Waals surface area contributed by atoms with Gasteiger partial charge in [-0.05, 0) is 6.92 Å². The molecule has 1 fully saturated rings. The fourth-order valence-corrected chi connectivity index (χ4v) is 1.37. The topological polar surface area (TPSA) is 59.6 Å². The largest absolute Gasteiger partial charge is 0.373 e. The van der Waals surface area contributed by atoms with Crippen LogP contribution in [0.4, 0.5) is 0 Å². The van der Waals surface area contributed by atoms with Crippen molar-refractivity contribution in [2.75, 3.05) is 32.8 Å². The Morgan fingerprint density at radius 1 is 1.81 bits per heavy atom. The van der Waals surface area contributed by atoms with Crippen LogP contribution < -0.4 is 10.6 Å². The number of nitrogens with one attached hydrogen (secondary N) is 2. The minimum Gasteiger partial charge on any atom is -0.373 e. The van der Waals surface area contributed by atoms with Gasteiger partial charge in [-0.3, -0.25) is 4.79 Å². The molecule has 1 aliphatic heterocycles. The number of morpholine rings is 1. The quantitative estimate of drug-likeness (QED) is 0.612. The fourth-order valence-electron chi connectivity index (χ4n) is 1.37. The van der Waals surface area contributed by atoms with Crippen molar-refractivity contribution in [1.82, 2.24) is 10.6 Å². The molecular weight excluding hydrogens is 208 g/mol. The van der Waals surface area contributed by atoms with E-state index in [-0.39, 0.29) is 12.0 Å². The molecule has 0 radical (unpaired) electrons. The Morgan fingerprint density at radius 3 is 3.25 bits per heavy atom. The SMILES string of the molecule is C=CCNC(=O)C(C)OCC1CNCCO1. The summed E-state index contributed by atoms with van der Waals surface area (Å²) in [4.78, 5) is 11.4. The van der Waals surface area contributed by atoms with E-state index >= 15 is 0 Å². The number of carbonyl (C=O) groups is 1. The zero-order valence-electron chi connectivity index (χ0n) is 9.70. The van der Waals surface area contributed by atoms with Gasteiger partial charge in [-0.2, -0.15) is 0 Å². The molecule has 1 rings (SSSR count). The zero-order valence-corrected chi connectivity index (χ0v) is 9.70. The molecule has 2 unspecified atom stereocenters. The molecule has 0 saturated carbocycles. The molecule has 0 bridgehead atoms. The van der Waals surface area contributed by atoms with E-state index in [0.29, 0.717) is 19.8 Å². The van der Waals surface area contributed by atoms with Crippen LogP contribution in [0.2, 0.25) is 0 Å². The molecule has 0 aliphatic carbocycles. The van der Waals surface area contributed by atoms with Crippen molar-refractivity contribution >= 4 is 5.91 Å². The van der Waals surface area contributed by atoms with Crippen molar-refractivity contribution in [2.24, 2.45) is 0 Å². The average Bonchev–Trinajstić information content (AvgIpc) is 2.34. The van der Waals surface area contributed by atoms with Crippen LogP contribution in [0.25, 0.3) is 0 Å². The highest BCUT2D eigenvalue weighted by Crippen LogP contribution is 1.99. The highest BCUT2D eigenvalue weighted by atomic mass is 16.5. The van der Waals surface area contributed by atoms with E-state index in [4.69, 9.17) is 9.47 Å². The van der Waals surface area contributed by atoms with Gasteiger partial charge in [-0.1, -0.05) is 6.08 Å². The van der Waals surface area contributed by atoms with Crippen molar-refractivity contribution in [3.63, 3.8) is 0 Å². The Morgan fingerprint density at radius 2 is 2.62 bits per heavy atom. The molecule has 92 valence electrons. The van der Waals surface area contributed by atoms with Gasteiger partial charge < -0.3 is 20.1 Å². The third-order valence-electron chi connectivity index (χ3n) is 2.33. The first-order valence-corrected chi connectivity index (χ1v) is 5.56. The average molecular weight is 228 g/mol. The third-order valence-corrected chi connectivity index (χ3v) is 2.33. The van der Waals surface area contributed by atoms with E-state index in [2.05, 4.69) is 17.2 Å². The van der Waals surface area contributed by atoms with Gasteiger partial charge in [0.25, 0.3) is 0 Å². The molecule has 0 aromatic carbocycles. The van der Waals surface area contributed by atoms with Crippen molar-refractivity contribution in [2.45, 2.75) is 19.1 Å². The first kappa shape index (κ1) is 13.2. The Balaban J connectivity index is 2.15. The van der Waals surface area contributed by atoms with Crippen molar-refractivity contribution in [1.29, 1.82) is 0 Å². The summed E-state index contributed by atoms with van der Waals surface area (Å²) in [6.45, 7) is 8.52. The van der Waals surface area contributed by atoms with Crippen LogP contribution in [0.15, 0.2) is 12.7 Å². The highest BCUT2D eigenvalue weighted by Gasteiger charge is 2.17. The molecule has 2 atom stereocenters. The number of amides is 1. The number of ether oxygens (including phenoxy) is 2. The van der Waals surface area contributed by atoms with Crippen LogP contribution in [0.5, 0.6) is 0 Å². The molecule has 16 heavy (non-hydrogen) atoms. The second kappa shape index (κ2) is 7.38. The fraction of sp³-hybridized carbons (Fsp3) is 0.727. The van der Waals surface area contributed by atoms with Crippen LogP contribution in [-0.2, 0) is 14.3 Å². The van der Waals surface area contributed by atoms with E-state index in [9.17, 15) is 4.79 Å². The Bertz CT molecular complexity index is 227. The Labute approximate surface area is 96.2 Å². The minimum atomic E-state index is -0.453. The number of rotatable bonds is 6. The molecule has 2 N–H and O–H groups in total. The molecule has 1 heterocycles. The standard InChI is InChI=1S/C11H20N2O3/c1-3-4-13-11(14)9(2)16-8-10-7-12-5-6-15-10/h3,9-10,12H,1,4-8H2,2H3,(H,13,14). The molecule has 1 saturated heterocycles. The van der Waals surface area contributed by atoms with Crippen molar-refractivity contribution in [3.8, 4) is 0 Å². The van der Waals surface area contributed by atoms with Crippen molar-refractivity contribution in [3.05, 3.63) is 12.7 Å². The summed E-state index contributed by atoms with van der Waals surface area (Å²) in [6, 6.07) is 0. The monoisotopic (exact) mass is 228 g/mol. The van der Waals surface area contributed by atoms with E-state index in [1.807, 2.05) is 0 Å². The summed E-state index contributed by atoms with van der Waals surface area (Å²) in [5.41, 5.74) is 0. The van der Waals surface area contributed by atoms with Crippen LogP contribution >= 0.6 is 0 Å². The lowest BCUT2D eigenvalue weighted by Crippen LogP contribution is -2.43. The molecule has 0 spiro atoms. The van der Waals surface area contributed by atoms with E-state index in [1.54, 1.807) is 13.0 Å². The first-order valence-electron chi connectivity index (χ1n) is 5.56. The van der Waals surface area contributed by atoms with Gasteiger partial charge in [0.1, 0.15) is 6.10 Å². The van der Waals surface area contributed by atoms with E-state index < -0.39 is 6.10 Å². The zero-order chi connectivity index (χ0) is 11.8. The molecule has 5 heteroatoms. The lowest BCUT2D eigenvalue weighted by Gasteiger charge is -2.24. The number of carbonyl (C=O) groups excluding carboxylic acids is 1. The predicted octanol–water partition coefficient (Wildman–Crippen LogP) is -0.318. The second-order valence-electron chi connectivity index (χ2n) is 3.71. The number of hydrogen-bond donors (Lipinski definition) is 2. The Kier molecular flexibility index (Phi) is 6.07. The smallest absolute Gasteiger partial charge is 0.249 e. The summed E-state index contributed by atoms with van der Waals surface area (Å²) in [5, 5.41) is 5.88. The molecule has 1 amide bonds. The second-order valence-corrected chi connectivity index (χ2v) is 3.71. The summed E-state index contributed by atoms with van der Waals surface area (Å²) >= 11 is 0. The maximum atomic E-state index is 11.4. The maximum absolute atomic E-state index is 11.4. The summed E-state index contributed by atoms with van der Waals surface area (Å²) in [7, 11) is 0. The van der Waals surface area contributed by atoms with Gasteiger partial charge in [0.2, 0.25) is 5.91 Å². The van der Waals surface area contributed by atoms with Crippen LogP contribution in [0.3, 0.4) is 0 Å². The third kappa shape index (κ3) is 4.74. The van der Waals surface area contributed by atoms with Crippen LogP contribution in [0.1, 0.15) is 6.92 Å². The molecule has 5 nitrogen and oxygen atoms in total. The molecule has 0 aromatic rings. The predicted molar refractivity (Wildman–Crippen MR) is 61.2 cm³/mol. The first-order chi connectivity index (χ1) is 7.74. The Hall–Kier alpha value is -0.910. The molecule has 0 aromatic heterocycles. The summed E-state index contributed by atoms with van der Waals surface area (Å²) < 4.78 is 10.9. The molecular formula is C11H20N2O3. The normalized spacial score (nSPS) is 22.4. The molecule has 1 aliphatic rings. The summed E-state index contributed by atoms with van der Waals surface area (Å²) in [6.07, 6.45) is 1.23. The van der Waals surface area contributed by atoms with Gasteiger partial charge in [-0.15, -0.1) is 6.58 Å². The minimum absolute atomic E-state index is 0.0448. The lowest BCUT2D eigenvalue weighted by molar-refractivity contribution is -0.134. The van der Waals surface area contributed by atoms with Crippen LogP contribution in [-0.4, -0.2) is 51.0 Å². The van der Waals surface area contributed by atoms with Gasteiger partial charge in [0.05, 0.1) is 19.3 Å². The number of hydrogen-bond acceptors (Lipinski definition) is 4. The van der Waals surface area contributed by atoms with Gasteiger partial charge >= 0.3 is 0 Å². The summed E-state index contributed by atoms with van der Waals surface area (Å²) in [5.74, 6) is -0.122. The highest BCUT2D eigenvalue weighted by molar-refractivity contribution is 5.80. The van der Waals surface area contributed by atoms with Gasteiger partial charge in [-0.25, -0.2) is 0 Å². The van der Waals surface area contributed by atoms with E-state index in [1.165, 1.54) is 0 Å². The van der Waals surface area contributed by atoms with Crippen LogP contribution in [0, 0.1) is 0 Å².